The zero-order chi connectivity index (χ0) is 14.4. The van der Waals surface area contributed by atoms with Gasteiger partial charge in [-0.3, -0.25) is 0 Å². The Balaban J connectivity index is 2.31. The normalized spacial score (nSPS) is 12.7. The predicted octanol–water partition coefficient (Wildman–Crippen LogP) is 3.63. The van der Waals surface area contributed by atoms with E-state index in [0.717, 1.165) is 16.5 Å². The van der Waals surface area contributed by atoms with E-state index in [-0.39, 0.29) is 5.76 Å². The Bertz CT molecular complexity index is 694. The monoisotopic (exact) mass is 268 g/mol. The van der Waals surface area contributed by atoms with E-state index in [4.69, 9.17) is 5.21 Å². The van der Waals surface area contributed by atoms with Crippen molar-refractivity contribution in [3.05, 3.63) is 72.7 Å². The van der Waals surface area contributed by atoms with E-state index in [0.29, 0.717) is 6.54 Å². The van der Waals surface area contributed by atoms with E-state index in [1.54, 1.807) is 6.08 Å². The van der Waals surface area contributed by atoms with Gasteiger partial charge in [0.25, 0.3) is 0 Å². The van der Waals surface area contributed by atoms with Crippen LogP contribution in [0.1, 0.15) is 5.56 Å². The van der Waals surface area contributed by atoms with Gasteiger partial charge in [-0.05, 0) is 18.2 Å². The Kier molecular flexibility index (Phi) is 4.39. The summed E-state index contributed by atoms with van der Waals surface area (Å²) in [5.41, 5.74) is 1.89. The summed E-state index contributed by atoms with van der Waals surface area (Å²) in [5.74, 6) is 0.161. The van der Waals surface area contributed by atoms with Crippen molar-refractivity contribution in [2.45, 2.75) is 6.54 Å². The Labute approximate surface area is 117 Å². The van der Waals surface area contributed by atoms with Gasteiger partial charge in [-0.1, -0.05) is 42.1 Å². The Hall–Kier alpha value is -2.75. The Morgan fingerprint density at radius 3 is 2.90 bits per heavy atom. The van der Waals surface area contributed by atoms with Crippen molar-refractivity contribution >= 4 is 17.1 Å². The second-order valence-electron chi connectivity index (χ2n) is 4.23. The fourth-order valence-corrected chi connectivity index (χ4v) is 2.05. The summed E-state index contributed by atoms with van der Waals surface area (Å²) >= 11 is 0. The van der Waals surface area contributed by atoms with Gasteiger partial charge in [0.15, 0.2) is 0 Å². The summed E-state index contributed by atoms with van der Waals surface area (Å²) in [4.78, 5) is 0. The van der Waals surface area contributed by atoms with Gasteiger partial charge in [0.1, 0.15) is 5.76 Å². The number of hydrogen-bond acceptors (Lipinski definition) is 3. The van der Waals surface area contributed by atoms with Gasteiger partial charge in [0, 0.05) is 29.2 Å². The lowest BCUT2D eigenvalue weighted by molar-refractivity contribution is 0.322. The standard InChI is InChI=1S/C16H16N2O2/c1-2-6-14(19)7-5-10-18-12-13(11-17-20)15-8-3-4-9-16(15)18/h2-9,11-12,19-20H,1,10H2/b7-5-,14-6+,17-11+. The first-order valence-corrected chi connectivity index (χ1v) is 6.20. The first-order chi connectivity index (χ1) is 9.76. The number of benzene rings is 1. The number of aromatic nitrogens is 1. The lowest BCUT2D eigenvalue weighted by Gasteiger charge is -2.00. The number of oxime groups is 1. The first kappa shape index (κ1) is 13.7. The Morgan fingerprint density at radius 1 is 1.35 bits per heavy atom. The maximum absolute atomic E-state index is 9.47. The van der Waals surface area contributed by atoms with Crippen LogP contribution in [0, 0.1) is 0 Å². The smallest absolute Gasteiger partial charge is 0.115 e. The highest BCUT2D eigenvalue weighted by Crippen LogP contribution is 2.20. The van der Waals surface area contributed by atoms with Crippen molar-refractivity contribution in [2.75, 3.05) is 0 Å². The summed E-state index contributed by atoms with van der Waals surface area (Å²) in [6, 6.07) is 7.87. The second-order valence-corrected chi connectivity index (χ2v) is 4.23. The molecule has 0 bridgehead atoms. The molecule has 0 radical (unpaired) electrons. The van der Waals surface area contributed by atoms with Crippen LogP contribution in [0.15, 0.2) is 72.3 Å². The number of hydrogen-bond donors (Lipinski definition) is 2. The molecule has 0 saturated carbocycles. The molecule has 0 aliphatic rings. The minimum absolute atomic E-state index is 0.161. The average Bonchev–Trinajstić information content (AvgIpc) is 2.79. The third kappa shape index (κ3) is 2.98. The highest BCUT2D eigenvalue weighted by molar-refractivity contribution is 5.99. The number of aliphatic hydroxyl groups excluding tert-OH is 1. The molecule has 2 N–H and O–H groups in total. The zero-order valence-electron chi connectivity index (χ0n) is 11.0. The summed E-state index contributed by atoms with van der Waals surface area (Å²) < 4.78 is 2.02. The molecule has 20 heavy (non-hydrogen) atoms. The third-order valence-electron chi connectivity index (χ3n) is 2.90. The summed E-state index contributed by atoms with van der Waals surface area (Å²) in [6.45, 7) is 4.12. The Morgan fingerprint density at radius 2 is 2.15 bits per heavy atom. The average molecular weight is 268 g/mol. The maximum Gasteiger partial charge on any atom is 0.115 e. The van der Waals surface area contributed by atoms with E-state index in [2.05, 4.69) is 11.7 Å². The van der Waals surface area contributed by atoms with Crippen molar-refractivity contribution in [3.8, 4) is 0 Å². The molecule has 0 aliphatic heterocycles. The lowest BCUT2D eigenvalue weighted by atomic mass is 10.2. The number of allylic oxidation sites excluding steroid dienone is 4. The molecule has 0 atom stereocenters. The van der Waals surface area contributed by atoms with E-state index < -0.39 is 0 Å². The van der Waals surface area contributed by atoms with Gasteiger partial charge in [0.2, 0.25) is 0 Å². The summed E-state index contributed by atoms with van der Waals surface area (Å²) in [7, 11) is 0. The highest BCUT2D eigenvalue weighted by Gasteiger charge is 2.05. The molecule has 0 saturated heterocycles. The molecule has 0 fully saturated rings. The number of para-hydroxylation sites is 1. The van der Waals surface area contributed by atoms with Gasteiger partial charge in [-0.2, -0.15) is 0 Å². The highest BCUT2D eigenvalue weighted by atomic mass is 16.4. The van der Waals surface area contributed by atoms with E-state index in [1.165, 1.54) is 18.4 Å². The number of aliphatic hydroxyl groups is 1. The van der Waals surface area contributed by atoms with Crippen LogP contribution in [0.25, 0.3) is 10.9 Å². The molecule has 2 rings (SSSR count). The van der Waals surface area contributed by atoms with Gasteiger partial charge >= 0.3 is 0 Å². The second kappa shape index (κ2) is 6.43. The van der Waals surface area contributed by atoms with Crippen molar-refractivity contribution < 1.29 is 10.3 Å². The molecule has 102 valence electrons. The van der Waals surface area contributed by atoms with Crippen LogP contribution in [0.3, 0.4) is 0 Å². The lowest BCUT2D eigenvalue weighted by Crippen LogP contribution is -1.92. The molecule has 1 aromatic carbocycles. The van der Waals surface area contributed by atoms with Crippen LogP contribution in [0.2, 0.25) is 0 Å². The summed E-state index contributed by atoms with van der Waals surface area (Å²) in [6.07, 6.45) is 9.84. The quantitative estimate of drug-likeness (QED) is 0.286. The van der Waals surface area contributed by atoms with Crippen LogP contribution >= 0.6 is 0 Å². The minimum atomic E-state index is 0.161. The van der Waals surface area contributed by atoms with Crippen LogP contribution in [0.4, 0.5) is 0 Å². The van der Waals surface area contributed by atoms with Crippen molar-refractivity contribution in [1.82, 2.24) is 4.57 Å². The fraction of sp³-hybridized carbons (Fsp3) is 0.0625. The molecule has 1 aromatic heterocycles. The first-order valence-electron chi connectivity index (χ1n) is 6.20. The van der Waals surface area contributed by atoms with Gasteiger partial charge in [-0.15, -0.1) is 0 Å². The van der Waals surface area contributed by atoms with Crippen LogP contribution in [-0.4, -0.2) is 21.1 Å². The van der Waals surface area contributed by atoms with Gasteiger partial charge < -0.3 is 14.9 Å². The van der Waals surface area contributed by atoms with Gasteiger partial charge in [0.05, 0.1) is 6.21 Å². The molecule has 0 amide bonds. The van der Waals surface area contributed by atoms with E-state index >= 15 is 0 Å². The van der Waals surface area contributed by atoms with E-state index in [1.807, 2.05) is 41.1 Å². The zero-order valence-corrected chi connectivity index (χ0v) is 11.0. The van der Waals surface area contributed by atoms with Crippen molar-refractivity contribution in [2.24, 2.45) is 5.16 Å². The fourth-order valence-electron chi connectivity index (χ4n) is 2.05. The third-order valence-corrected chi connectivity index (χ3v) is 2.90. The number of rotatable bonds is 5. The number of nitrogens with zero attached hydrogens (tertiary/aromatic N) is 2. The molecule has 0 aliphatic carbocycles. The van der Waals surface area contributed by atoms with Crippen LogP contribution in [-0.2, 0) is 6.54 Å². The SMILES string of the molecule is C=C/C=C(O)\C=C/Cn1cc(/C=N/O)c2ccccc21. The predicted molar refractivity (Wildman–Crippen MR) is 81.4 cm³/mol. The molecular formula is C16H16N2O2. The van der Waals surface area contributed by atoms with Crippen LogP contribution in [0.5, 0.6) is 0 Å². The van der Waals surface area contributed by atoms with Crippen molar-refractivity contribution in [3.63, 3.8) is 0 Å². The topological polar surface area (TPSA) is 57.8 Å². The molecule has 4 nitrogen and oxygen atoms in total. The molecule has 0 spiro atoms. The minimum Gasteiger partial charge on any atom is -0.508 e. The molecule has 1 heterocycles. The maximum atomic E-state index is 9.47. The van der Waals surface area contributed by atoms with E-state index in [9.17, 15) is 5.11 Å². The summed E-state index contributed by atoms with van der Waals surface area (Å²) in [5, 5.41) is 22.3. The molecule has 0 unspecified atom stereocenters. The number of fused-ring (bicyclic) bond motifs is 1. The largest absolute Gasteiger partial charge is 0.508 e. The molecular weight excluding hydrogens is 252 g/mol. The molecule has 4 heteroatoms. The van der Waals surface area contributed by atoms with Crippen LogP contribution < -0.4 is 0 Å². The van der Waals surface area contributed by atoms with Crippen molar-refractivity contribution in [1.29, 1.82) is 0 Å². The molecule has 2 aromatic rings. The van der Waals surface area contributed by atoms with Gasteiger partial charge in [-0.25, -0.2) is 0 Å².